The summed E-state index contributed by atoms with van der Waals surface area (Å²) in [6.45, 7) is 0.524. The first-order valence-electron chi connectivity index (χ1n) is 11.7. The molecule has 8 heteroatoms. The van der Waals surface area contributed by atoms with Crippen LogP contribution in [-0.4, -0.2) is 47.9 Å². The standard InChI is InChI=1S/C28H29N3O4S/c1-34-22-16-14-21(15-17-22)29-28-31(18-8-11-20-9-4-3-5-10-20)26(32)19-25(36-28)27(33)30-23-12-6-7-13-24(23)35-2/h3-7,9-10,12-17,25H,8,11,18-19H2,1-2H3,(H,30,33). The summed E-state index contributed by atoms with van der Waals surface area (Å²) in [5.74, 6) is 0.909. The van der Waals surface area contributed by atoms with E-state index in [-0.39, 0.29) is 18.2 Å². The molecular formula is C28H29N3O4S. The summed E-state index contributed by atoms with van der Waals surface area (Å²) in [6, 6.07) is 24.7. The van der Waals surface area contributed by atoms with Gasteiger partial charge in [-0.2, -0.15) is 0 Å². The van der Waals surface area contributed by atoms with Gasteiger partial charge in [-0.1, -0.05) is 54.2 Å². The van der Waals surface area contributed by atoms with Crippen LogP contribution < -0.4 is 14.8 Å². The molecule has 1 unspecified atom stereocenters. The Morgan fingerprint density at radius 3 is 2.44 bits per heavy atom. The minimum Gasteiger partial charge on any atom is -0.497 e. The average molecular weight is 504 g/mol. The Hall–Kier alpha value is -3.78. The van der Waals surface area contributed by atoms with Gasteiger partial charge in [0.05, 0.1) is 25.6 Å². The molecule has 1 atom stereocenters. The first-order chi connectivity index (χ1) is 17.6. The molecule has 0 radical (unpaired) electrons. The number of hydrogen-bond acceptors (Lipinski definition) is 6. The highest BCUT2D eigenvalue weighted by molar-refractivity contribution is 8.15. The summed E-state index contributed by atoms with van der Waals surface area (Å²) < 4.78 is 10.6. The van der Waals surface area contributed by atoms with Crippen molar-refractivity contribution in [1.82, 2.24) is 4.90 Å². The highest BCUT2D eigenvalue weighted by atomic mass is 32.2. The first kappa shape index (κ1) is 25.3. The number of para-hydroxylation sites is 2. The van der Waals surface area contributed by atoms with Gasteiger partial charge in [-0.05, 0) is 54.8 Å². The smallest absolute Gasteiger partial charge is 0.238 e. The molecule has 7 nitrogen and oxygen atoms in total. The van der Waals surface area contributed by atoms with Crippen molar-refractivity contribution in [3.8, 4) is 11.5 Å². The minimum absolute atomic E-state index is 0.0959. The molecule has 0 spiro atoms. The molecule has 0 aromatic heterocycles. The number of amidine groups is 1. The lowest BCUT2D eigenvalue weighted by Crippen LogP contribution is -2.45. The largest absolute Gasteiger partial charge is 0.497 e. The van der Waals surface area contributed by atoms with Crippen molar-refractivity contribution >= 4 is 40.1 Å². The highest BCUT2D eigenvalue weighted by Crippen LogP contribution is 2.32. The van der Waals surface area contributed by atoms with Gasteiger partial charge in [0.2, 0.25) is 11.8 Å². The molecule has 3 aromatic rings. The molecule has 1 aliphatic heterocycles. The van der Waals surface area contributed by atoms with E-state index in [9.17, 15) is 9.59 Å². The summed E-state index contributed by atoms with van der Waals surface area (Å²) in [4.78, 5) is 32.8. The number of methoxy groups -OCH3 is 2. The Morgan fingerprint density at radius 1 is 1.00 bits per heavy atom. The molecule has 36 heavy (non-hydrogen) atoms. The van der Waals surface area contributed by atoms with E-state index in [1.807, 2.05) is 54.6 Å². The fourth-order valence-corrected chi connectivity index (χ4v) is 5.00. The second kappa shape index (κ2) is 12.3. The van der Waals surface area contributed by atoms with Crippen LogP contribution in [0.3, 0.4) is 0 Å². The molecule has 1 N–H and O–H groups in total. The SMILES string of the molecule is COc1ccc(N=C2SC(C(=O)Nc3ccccc3OC)CC(=O)N2CCCc2ccccc2)cc1. The van der Waals surface area contributed by atoms with Gasteiger partial charge in [-0.25, -0.2) is 4.99 Å². The van der Waals surface area contributed by atoms with Crippen molar-refractivity contribution in [3.63, 3.8) is 0 Å². The fourth-order valence-electron chi connectivity index (χ4n) is 3.88. The van der Waals surface area contributed by atoms with Gasteiger partial charge in [0.15, 0.2) is 5.17 Å². The number of anilines is 1. The second-order valence-corrected chi connectivity index (χ2v) is 9.40. The van der Waals surface area contributed by atoms with E-state index in [1.54, 1.807) is 31.3 Å². The number of nitrogens with zero attached hydrogens (tertiary/aromatic N) is 2. The van der Waals surface area contributed by atoms with E-state index < -0.39 is 5.25 Å². The second-order valence-electron chi connectivity index (χ2n) is 8.23. The zero-order chi connectivity index (χ0) is 25.3. The lowest BCUT2D eigenvalue weighted by molar-refractivity contribution is -0.129. The predicted molar refractivity (Wildman–Crippen MR) is 144 cm³/mol. The minimum atomic E-state index is -0.607. The van der Waals surface area contributed by atoms with Crippen LogP contribution >= 0.6 is 11.8 Å². The number of aryl methyl sites for hydroxylation is 1. The maximum atomic E-state index is 13.2. The summed E-state index contributed by atoms with van der Waals surface area (Å²) in [6.07, 6.45) is 1.73. The number of rotatable bonds is 9. The van der Waals surface area contributed by atoms with E-state index in [4.69, 9.17) is 14.5 Å². The van der Waals surface area contributed by atoms with Crippen LogP contribution in [0.5, 0.6) is 11.5 Å². The highest BCUT2D eigenvalue weighted by Gasteiger charge is 2.36. The van der Waals surface area contributed by atoms with Crippen LogP contribution in [0, 0.1) is 0 Å². The number of thioether (sulfide) groups is 1. The normalized spacial score (nSPS) is 16.6. The molecule has 0 aliphatic carbocycles. The van der Waals surface area contributed by atoms with Gasteiger partial charge < -0.3 is 14.8 Å². The Bertz CT molecular complexity index is 1210. The van der Waals surface area contributed by atoms with Crippen LogP contribution in [0.2, 0.25) is 0 Å². The van der Waals surface area contributed by atoms with Crippen LogP contribution in [0.15, 0.2) is 83.9 Å². The van der Waals surface area contributed by atoms with Crippen molar-refractivity contribution in [3.05, 3.63) is 84.4 Å². The third kappa shape index (κ3) is 6.46. The Balaban J connectivity index is 1.52. The van der Waals surface area contributed by atoms with Gasteiger partial charge >= 0.3 is 0 Å². The van der Waals surface area contributed by atoms with E-state index in [2.05, 4.69) is 17.4 Å². The number of nitrogens with one attached hydrogen (secondary N) is 1. The molecule has 1 saturated heterocycles. The van der Waals surface area contributed by atoms with Crippen LogP contribution in [0.1, 0.15) is 18.4 Å². The molecule has 3 aromatic carbocycles. The molecule has 0 bridgehead atoms. The van der Waals surface area contributed by atoms with E-state index in [0.717, 1.165) is 18.6 Å². The average Bonchev–Trinajstić information content (AvgIpc) is 2.91. The van der Waals surface area contributed by atoms with Crippen molar-refractivity contribution in [2.24, 2.45) is 4.99 Å². The number of amides is 2. The van der Waals surface area contributed by atoms with Crippen molar-refractivity contribution in [1.29, 1.82) is 0 Å². The number of carbonyl (C=O) groups is 2. The maximum absolute atomic E-state index is 13.2. The zero-order valence-electron chi connectivity index (χ0n) is 20.3. The van der Waals surface area contributed by atoms with Crippen LogP contribution in [0.4, 0.5) is 11.4 Å². The van der Waals surface area contributed by atoms with Crippen LogP contribution in [0.25, 0.3) is 0 Å². The number of hydrogen-bond donors (Lipinski definition) is 1. The number of carbonyl (C=O) groups excluding carboxylic acids is 2. The van der Waals surface area contributed by atoms with Crippen molar-refractivity contribution in [2.75, 3.05) is 26.1 Å². The Kier molecular flexibility index (Phi) is 8.62. The number of benzene rings is 3. The zero-order valence-corrected chi connectivity index (χ0v) is 21.2. The van der Waals surface area contributed by atoms with Crippen molar-refractivity contribution < 1.29 is 19.1 Å². The summed E-state index contributed by atoms with van der Waals surface area (Å²) >= 11 is 1.31. The van der Waals surface area contributed by atoms with Gasteiger partial charge in [0, 0.05) is 13.0 Å². The molecule has 186 valence electrons. The molecular weight excluding hydrogens is 474 g/mol. The fraction of sp³-hybridized carbons (Fsp3) is 0.250. The van der Waals surface area contributed by atoms with E-state index in [1.165, 1.54) is 17.3 Å². The first-order valence-corrected chi connectivity index (χ1v) is 12.6. The van der Waals surface area contributed by atoms with Crippen LogP contribution in [-0.2, 0) is 16.0 Å². The lowest BCUT2D eigenvalue weighted by Gasteiger charge is -2.32. The van der Waals surface area contributed by atoms with E-state index in [0.29, 0.717) is 28.8 Å². The topological polar surface area (TPSA) is 80.2 Å². The lowest BCUT2D eigenvalue weighted by atomic mass is 10.1. The van der Waals surface area contributed by atoms with Crippen molar-refractivity contribution in [2.45, 2.75) is 24.5 Å². The predicted octanol–water partition coefficient (Wildman–Crippen LogP) is 5.30. The summed E-state index contributed by atoms with van der Waals surface area (Å²) in [5.41, 5.74) is 2.47. The van der Waals surface area contributed by atoms with Gasteiger partial charge in [0.25, 0.3) is 0 Å². The maximum Gasteiger partial charge on any atom is 0.238 e. The molecule has 1 aliphatic rings. The third-order valence-electron chi connectivity index (χ3n) is 5.78. The monoisotopic (exact) mass is 503 g/mol. The number of ether oxygens (including phenoxy) is 2. The van der Waals surface area contributed by atoms with Gasteiger partial charge in [0.1, 0.15) is 16.7 Å². The molecule has 1 heterocycles. The number of aliphatic imine (C=N–C) groups is 1. The Labute approximate surface area is 215 Å². The summed E-state index contributed by atoms with van der Waals surface area (Å²) in [7, 11) is 3.16. The molecule has 4 rings (SSSR count). The summed E-state index contributed by atoms with van der Waals surface area (Å²) in [5, 5.41) is 2.82. The molecule has 1 fully saturated rings. The third-order valence-corrected chi connectivity index (χ3v) is 6.97. The molecule has 2 amide bonds. The Morgan fingerprint density at radius 2 is 1.72 bits per heavy atom. The van der Waals surface area contributed by atoms with Gasteiger partial charge in [-0.15, -0.1) is 0 Å². The molecule has 0 saturated carbocycles. The van der Waals surface area contributed by atoms with E-state index >= 15 is 0 Å². The van der Waals surface area contributed by atoms with Gasteiger partial charge in [-0.3, -0.25) is 14.5 Å². The quantitative estimate of drug-likeness (QED) is 0.429.